The van der Waals surface area contributed by atoms with Crippen LogP contribution in [0.4, 0.5) is 5.82 Å². The van der Waals surface area contributed by atoms with Crippen LogP contribution in [0.1, 0.15) is 28.8 Å². The van der Waals surface area contributed by atoms with E-state index in [1.54, 1.807) is 6.20 Å². The molecule has 1 aromatic rings. The smallest absolute Gasteiger partial charge is 0.169 e. The molecule has 0 aromatic carbocycles. The van der Waals surface area contributed by atoms with Crippen molar-refractivity contribution in [3.05, 3.63) is 23.4 Å². The molecular weight excluding hydrogens is 164 g/mol. The highest BCUT2D eigenvalue weighted by atomic mass is 16.1. The molecule has 1 aromatic heterocycles. The maximum absolute atomic E-state index is 11.7. The Hall–Kier alpha value is -1.38. The Morgan fingerprint density at radius 1 is 1.62 bits per heavy atom. The Labute approximate surface area is 77.0 Å². The number of Topliss-reactive ketones (excluding diaryl/α,β-unsaturated/α-hetero) is 1. The van der Waals surface area contributed by atoms with Gasteiger partial charge in [0.1, 0.15) is 5.82 Å². The van der Waals surface area contributed by atoms with Gasteiger partial charge in [-0.25, -0.2) is 4.98 Å². The van der Waals surface area contributed by atoms with Gasteiger partial charge in [0.15, 0.2) is 5.78 Å². The van der Waals surface area contributed by atoms with Gasteiger partial charge in [0.2, 0.25) is 0 Å². The van der Waals surface area contributed by atoms with E-state index in [4.69, 9.17) is 5.73 Å². The predicted octanol–water partition coefficient (Wildman–Crippen LogP) is 1.56. The number of carbonyl (C=O) groups is 1. The molecule has 3 heteroatoms. The standard InChI is InChI=1S/C10H12N2O/c1-6-4-5-12-10(11)8(6)9(13)7-2-3-7/h4-5,7H,2-3H2,1H3,(H2,11,12). The van der Waals surface area contributed by atoms with E-state index in [9.17, 15) is 4.79 Å². The summed E-state index contributed by atoms with van der Waals surface area (Å²) in [5.41, 5.74) is 7.22. The molecule has 0 unspecified atom stereocenters. The number of anilines is 1. The molecule has 2 N–H and O–H groups in total. The van der Waals surface area contributed by atoms with E-state index in [1.165, 1.54) is 0 Å². The number of nitrogen functional groups attached to an aromatic ring is 1. The Kier molecular flexibility index (Phi) is 1.79. The highest BCUT2D eigenvalue weighted by molar-refractivity contribution is 6.03. The van der Waals surface area contributed by atoms with Crippen LogP contribution in [0, 0.1) is 12.8 Å². The van der Waals surface area contributed by atoms with Crippen molar-refractivity contribution < 1.29 is 4.79 Å². The molecule has 0 amide bonds. The van der Waals surface area contributed by atoms with E-state index in [0.29, 0.717) is 11.4 Å². The maximum Gasteiger partial charge on any atom is 0.169 e. The van der Waals surface area contributed by atoms with Crippen LogP contribution in [0.25, 0.3) is 0 Å². The predicted molar refractivity (Wildman–Crippen MR) is 50.4 cm³/mol. The van der Waals surface area contributed by atoms with E-state index >= 15 is 0 Å². The number of hydrogen-bond donors (Lipinski definition) is 1. The second-order valence-electron chi connectivity index (χ2n) is 3.53. The van der Waals surface area contributed by atoms with Gasteiger partial charge < -0.3 is 5.73 Å². The Morgan fingerprint density at radius 3 is 2.85 bits per heavy atom. The summed E-state index contributed by atoms with van der Waals surface area (Å²) >= 11 is 0. The third-order valence-corrected chi connectivity index (χ3v) is 2.38. The minimum atomic E-state index is 0.170. The number of nitrogens with two attached hydrogens (primary N) is 1. The molecule has 68 valence electrons. The van der Waals surface area contributed by atoms with Gasteiger partial charge in [-0.3, -0.25) is 4.79 Å². The molecule has 1 aliphatic rings. The minimum Gasteiger partial charge on any atom is -0.383 e. The molecule has 3 nitrogen and oxygen atoms in total. The van der Waals surface area contributed by atoms with Crippen LogP contribution in [0.3, 0.4) is 0 Å². The molecule has 1 saturated carbocycles. The lowest BCUT2D eigenvalue weighted by atomic mass is 10.0. The Balaban J connectivity index is 2.42. The van der Waals surface area contributed by atoms with Crippen molar-refractivity contribution in [1.82, 2.24) is 4.98 Å². The fourth-order valence-electron chi connectivity index (χ4n) is 1.45. The number of hydrogen-bond acceptors (Lipinski definition) is 3. The molecule has 1 aliphatic carbocycles. The van der Waals surface area contributed by atoms with E-state index in [1.807, 2.05) is 13.0 Å². The van der Waals surface area contributed by atoms with Gasteiger partial charge in [0, 0.05) is 12.1 Å². The summed E-state index contributed by atoms with van der Waals surface area (Å²) in [6, 6.07) is 1.83. The molecule has 0 radical (unpaired) electrons. The zero-order chi connectivity index (χ0) is 9.42. The summed E-state index contributed by atoms with van der Waals surface area (Å²) in [6.07, 6.45) is 3.65. The summed E-state index contributed by atoms with van der Waals surface area (Å²) in [5, 5.41) is 0. The van der Waals surface area contributed by atoms with Crippen LogP contribution >= 0.6 is 0 Å². The van der Waals surface area contributed by atoms with Gasteiger partial charge in [-0.05, 0) is 31.4 Å². The third-order valence-electron chi connectivity index (χ3n) is 2.38. The molecular formula is C10H12N2O. The van der Waals surface area contributed by atoms with Crippen molar-refractivity contribution in [3.63, 3.8) is 0 Å². The lowest BCUT2D eigenvalue weighted by Gasteiger charge is -2.05. The van der Waals surface area contributed by atoms with Crippen molar-refractivity contribution >= 4 is 11.6 Å². The molecule has 1 heterocycles. The fraction of sp³-hybridized carbons (Fsp3) is 0.400. The van der Waals surface area contributed by atoms with Gasteiger partial charge in [-0.15, -0.1) is 0 Å². The molecule has 0 bridgehead atoms. The van der Waals surface area contributed by atoms with Crippen LogP contribution in [0.5, 0.6) is 0 Å². The number of pyridine rings is 1. The molecule has 2 rings (SSSR count). The number of ketones is 1. The first-order valence-electron chi connectivity index (χ1n) is 4.45. The average Bonchev–Trinajstić information content (AvgIpc) is 2.85. The second kappa shape index (κ2) is 2.83. The molecule has 0 aliphatic heterocycles. The lowest BCUT2D eigenvalue weighted by molar-refractivity contribution is 0.0967. The van der Waals surface area contributed by atoms with Crippen molar-refractivity contribution in [1.29, 1.82) is 0 Å². The largest absolute Gasteiger partial charge is 0.383 e. The van der Waals surface area contributed by atoms with Gasteiger partial charge in [-0.1, -0.05) is 0 Å². The summed E-state index contributed by atoms with van der Waals surface area (Å²) in [4.78, 5) is 15.7. The fourth-order valence-corrected chi connectivity index (χ4v) is 1.45. The Morgan fingerprint density at radius 2 is 2.31 bits per heavy atom. The van der Waals surface area contributed by atoms with Crippen LogP contribution in [0.2, 0.25) is 0 Å². The van der Waals surface area contributed by atoms with E-state index in [2.05, 4.69) is 4.98 Å². The third kappa shape index (κ3) is 1.41. The number of carbonyl (C=O) groups excluding carboxylic acids is 1. The number of aromatic nitrogens is 1. The average molecular weight is 176 g/mol. The molecule has 1 fully saturated rings. The van der Waals surface area contributed by atoms with E-state index in [-0.39, 0.29) is 11.7 Å². The highest BCUT2D eigenvalue weighted by Gasteiger charge is 2.32. The summed E-state index contributed by atoms with van der Waals surface area (Å²) in [5.74, 6) is 0.755. The van der Waals surface area contributed by atoms with Crippen molar-refractivity contribution in [3.8, 4) is 0 Å². The second-order valence-corrected chi connectivity index (χ2v) is 3.53. The monoisotopic (exact) mass is 176 g/mol. The van der Waals surface area contributed by atoms with Crippen molar-refractivity contribution in [2.45, 2.75) is 19.8 Å². The topological polar surface area (TPSA) is 56.0 Å². The molecule has 0 saturated heterocycles. The SMILES string of the molecule is Cc1ccnc(N)c1C(=O)C1CC1. The first-order valence-corrected chi connectivity index (χ1v) is 4.45. The summed E-state index contributed by atoms with van der Waals surface area (Å²) in [6.45, 7) is 1.90. The first-order chi connectivity index (χ1) is 6.20. The van der Waals surface area contributed by atoms with Gasteiger partial charge >= 0.3 is 0 Å². The van der Waals surface area contributed by atoms with E-state index < -0.39 is 0 Å². The van der Waals surface area contributed by atoms with Crippen molar-refractivity contribution in [2.24, 2.45) is 5.92 Å². The normalized spacial score (nSPS) is 15.8. The van der Waals surface area contributed by atoms with Gasteiger partial charge in [0.05, 0.1) is 5.56 Å². The minimum absolute atomic E-state index is 0.170. The zero-order valence-corrected chi connectivity index (χ0v) is 7.58. The number of aryl methyl sites for hydroxylation is 1. The molecule has 0 spiro atoms. The van der Waals surface area contributed by atoms with Crippen LogP contribution < -0.4 is 5.73 Å². The van der Waals surface area contributed by atoms with Crippen LogP contribution in [0.15, 0.2) is 12.3 Å². The van der Waals surface area contributed by atoms with E-state index in [0.717, 1.165) is 18.4 Å². The number of nitrogens with zero attached hydrogens (tertiary/aromatic N) is 1. The van der Waals surface area contributed by atoms with Crippen LogP contribution in [-0.2, 0) is 0 Å². The lowest BCUT2D eigenvalue weighted by Crippen LogP contribution is -2.09. The zero-order valence-electron chi connectivity index (χ0n) is 7.58. The van der Waals surface area contributed by atoms with Gasteiger partial charge in [0.25, 0.3) is 0 Å². The maximum atomic E-state index is 11.7. The number of rotatable bonds is 2. The molecule has 13 heavy (non-hydrogen) atoms. The quantitative estimate of drug-likeness (QED) is 0.696. The Bertz CT molecular complexity index is 336. The summed E-state index contributed by atoms with van der Waals surface area (Å²) < 4.78 is 0. The summed E-state index contributed by atoms with van der Waals surface area (Å²) in [7, 11) is 0. The van der Waals surface area contributed by atoms with Gasteiger partial charge in [-0.2, -0.15) is 0 Å². The first kappa shape index (κ1) is 8.23. The highest BCUT2D eigenvalue weighted by Crippen LogP contribution is 2.34. The van der Waals surface area contributed by atoms with Crippen LogP contribution in [-0.4, -0.2) is 10.8 Å². The molecule has 0 atom stereocenters. The van der Waals surface area contributed by atoms with Crippen molar-refractivity contribution in [2.75, 3.05) is 5.73 Å².